The number of Topliss-reactive ketones (excluding diaryl/α,β-unsaturated/α-hetero) is 4. The number of carbonyl (C=O) groups excluding carboxylic acids is 5. The lowest BCUT2D eigenvalue weighted by Gasteiger charge is -2.04. The van der Waals surface area contributed by atoms with Crippen LogP contribution in [-0.4, -0.2) is 35.7 Å². The van der Waals surface area contributed by atoms with Crippen LogP contribution in [0.4, 0.5) is 0 Å². The predicted octanol–water partition coefficient (Wildman–Crippen LogP) is -0.908. The zero-order valence-electron chi connectivity index (χ0n) is 8.81. The van der Waals surface area contributed by atoms with E-state index in [-0.39, 0.29) is 6.61 Å². The van der Waals surface area contributed by atoms with Crippen molar-refractivity contribution >= 4 is 29.1 Å². The van der Waals surface area contributed by atoms with Gasteiger partial charge in [0, 0.05) is 0 Å². The second kappa shape index (κ2) is 4.34. The van der Waals surface area contributed by atoms with E-state index in [0.717, 1.165) is 0 Å². The molecule has 86 valence electrons. The maximum atomic E-state index is 11.4. The Balaban J connectivity index is 2.94. The van der Waals surface area contributed by atoms with Crippen LogP contribution in [0.5, 0.6) is 0 Å². The summed E-state index contributed by atoms with van der Waals surface area (Å²) in [4.78, 5) is 56.2. The third-order valence-electron chi connectivity index (χ3n) is 2.35. The van der Waals surface area contributed by atoms with E-state index in [4.69, 9.17) is 0 Å². The van der Waals surface area contributed by atoms with E-state index in [9.17, 15) is 24.0 Å². The summed E-state index contributed by atoms with van der Waals surface area (Å²) in [7, 11) is 0. The van der Waals surface area contributed by atoms with Crippen molar-refractivity contribution in [2.45, 2.75) is 13.8 Å². The Labute approximate surface area is 90.9 Å². The molecule has 1 aliphatic carbocycles. The first-order valence-electron chi connectivity index (χ1n) is 4.74. The van der Waals surface area contributed by atoms with Gasteiger partial charge >= 0.3 is 5.97 Å². The number of ether oxygens (including phenoxy) is 1. The Kier molecular flexibility index (Phi) is 3.31. The molecule has 1 saturated carbocycles. The van der Waals surface area contributed by atoms with Crippen LogP contribution in [0.1, 0.15) is 13.8 Å². The van der Waals surface area contributed by atoms with E-state index in [0.29, 0.717) is 0 Å². The van der Waals surface area contributed by atoms with Crippen molar-refractivity contribution in [2.75, 3.05) is 6.61 Å². The van der Waals surface area contributed by atoms with Gasteiger partial charge in [-0.1, -0.05) is 0 Å². The van der Waals surface area contributed by atoms with Crippen LogP contribution < -0.4 is 0 Å². The maximum Gasteiger partial charge on any atom is 0.375 e. The molecule has 6 heteroatoms. The predicted molar refractivity (Wildman–Crippen MR) is 49.3 cm³/mol. The lowest BCUT2D eigenvalue weighted by molar-refractivity contribution is -0.157. The molecule has 1 rings (SSSR count). The minimum absolute atomic E-state index is 0.0385. The Morgan fingerprint density at radius 3 is 2.12 bits per heavy atom. The minimum atomic E-state index is -1.79. The Hall–Kier alpha value is -1.85. The quantitative estimate of drug-likeness (QED) is 0.351. The first kappa shape index (κ1) is 12.2. The second-order valence-electron chi connectivity index (χ2n) is 3.37. The molecule has 0 aromatic heterocycles. The van der Waals surface area contributed by atoms with Crippen molar-refractivity contribution in [2.24, 2.45) is 11.8 Å². The second-order valence-corrected chi connectivity index (χ2v) is 3.37. The molecule has 1 aliphatic rings. The van der Waals surface area contributed by atoms with Gasteiger partial charge in [-0.15, -0.1) is 0 Å². The fraction of sp³-hybridized carbons (Fsp3) is 0.500. The topological polar surface area (TPSA) is 94.6 Å². The average molecular weight is 226 g/mol. The van der Waals surface area contributed by atoms with Crippen LogP contribution in [0.2, 0.25) is 0 Å². The first-order chi connectivity index (χ1) is 7.41. The summed E-state index contributed by atoms with van der Waals surface area (Å²) < 4.78 is 4.38. The van der Waals surface area contributed by atoms with Crippen molar-refractivity contribution in [1.29, 1.82) is 0 Å². The van der Waals surface area contributed by atoms with Gasteiger partial charge in [0.15, 0.2) is 11.7 Å². The largest absolute Gasteiger partial charge is 0.460 e. The van der Waals surface area contributed by atoms with Crippen molar-refractivity contribution in [3.63, 3.8) is 0 Å². The molecule has 0 amide bonds. The minimum Gasteiger partial charge on any atom is -0.460 e. The normalized spacial score (nSPS) is 24.8. The van der Waals surface area contributed by atoms with Gasteiger partial charge in [0.1, 0.15) is 0 Å². The number of rotatable bonds is 3. The zero-order valence-corrected chi connectivity index (χ0v) is 8.81. The van der Waals surface area contributed by atoms with Gasteiger partial charge in [-0.05, 0) is 13.8 Å². The van der Waals surface area contributed by atoms with Crippen LogP contribution in [-0.2, 0) is 28.7 Å². The van der Waals surface area contributed by atoms with Crippen LogP contribution in [0.15, 0.2) is 0 Å². The molecule has 0 aromatic rings. The lowest BCUT2D eigenvalue weighted by atomic mass is 9.99. The van der Waals surface area contributed by atoms with Gasteiger partial charge in [-0.2, -0.15) is 0 Å². The fourth-order valence-electron chi connectivity index (χ4n) is 1.43. The Morgan fingerprint density at radius 2 is 1.75 bits per heavy atom. The number of esters is 1. The summed E-state index contributed by atoms with van der Waals surface area (Å²) in [6.45, 7) is 2.68. The molecule has 2 atom stereocenters. The SMILES string of the molecule is CCOC(=O)C(=O)[C@H]1C(=O)C(=O)[C@H](C)C1=O. The van der Waals surface area contributed by atoms with Crippen molar-refractivity contribution in [3.8, 4) is 0 Å². The van der Waals surface area contributed by atoms with Crippen molar-refractivity contribution in [3.05, 3.63) is 0 Å². The molecule has 1 fully saturated rings. The highest BCUT2D eigenvalue weighted by Gasteiger charge is 2.52. The summed E-state index contributed by atoms with van der Waals surface area (Å²) in [6.07, 6.45) is 0. The van der Waals surface area contributed by atoms with E-state index in [1.165, 1.54) is 13.8 Å². The van der Waals surface area contributed by atoms with Crippen LogP contribution in [0.3, 0.4) is 0 Å². The first-order valence-corrected chi connectivity index (χ1v) is 4.74. The van der Waals surface area contributed by atoms with Gasteiger partial charge < -0.3 is 4.74 Å². The summed E-state index contributed by atoms with van der Waals surface area (Å²) in [5.74, 6) is -8.31. The molecular formula is C10H10O6. The van der Waals surface area contributed by atoms with Crippen LogP contribution in [0, 0.1) is 11.8 Å². The molecular weight excluding hydrogens is 216 g/mol. The standard InChI is InChI=1S/C10H10O6/c1-3-16-10(15)9(14)5-6(11)4(2)7(12)8(5)13/h4-5H,3H2,1-2H3/t4-,5-/m1/s1. The molecule has 0 aliphatic heterocycles. The molecule has 16 heavy (non-hydrogen) atoms. The van der Waals surface area contributed by atoms with Crippen LogP contribution in [0.25, 0.3) is 0 Å². The molecule has 0 unspecified atom stereocenters. The molecule has 0 heterocycles. The monoisotopic (exact) mass is 226 g/mol. The summed E-state index contributed by atoms with van der Waals surface area (Å²) in [6, 6.07) is 0. The highest BCUT2D eigenvalue weighted by atomic mass is 16.5. The Morgan fingerprint density at radius 1 is 1.19 bits per heavy atom. The molecule has 0 bridgehead atoms. The van der Waals surface area contributed by atoms with E-state index in [1.807, 2.05) is 0 Å². The molecule has 0 spiro atoms. The summed E-state index contributed by atoms with van der Waals surface area (Å²) in [5.41, 5.74) is 0. The highest BCUT2D eigenvalue weighted by molar-refractivity contribution is 6.60. The van der Waals surface area contributed by atoms with Gasteiger partial charge in [0.25, 0.3) is 5.78 Å². The van der Waals surface area contributed by atoms with E-state index in [2.05, 4.69) is 4.74 Å². The van der Waals surface area contributed by atoms with Gasteiger partial charge in [0.05, 0.1) is 12.5 Å². The van der Waals surface area contributed by atoms with Gasteiger partial charge in [-0.3, -0.25) is 19.2 Å². The summed E-state index contributed by atoms with van der Waals surface area (Å²) >= 11 is 0. The van der Waals surface area contributed by atoms with Gasteiger partial charge in [0.2, 0.25) is 11.6 Å². The number of hydrogen-bond acceptors (Lipinski definition) is 6. The average Bonchev–Trinajstić information content (AvgIpc) is 2.43. The maximum absolute atomic E-state index is 11.4. The number of hydrogen-bond donors (Lipinski definition) is 0. The van der Waals surface area contributed by atoms with E-state index < -0.39 is 40.9 Å². The lowest BCUT2D eigenvalue weighted by Crippen LogP contribution is -2.33. The molecule has 0 aromatic carbocycles. The zero-order chi connectivity index (χ0) is 12.5. The summed E-state index contributed by atoms with van der Waals surface area (Å²) in [5, 5.41) is 0. The molecule has 0 N–H and O–H groups in total. The number of ketones is 4. The van der Waals surface area contributed by atoms with E-state index in [1.54, 1.807) is 0 Å². The smallest absolute Gasteiger partial charge is 0.375 e. The molecule has 6 nitrogen and oxygen atoms in total. The molecule has 0 saturated heterocycles. The Bertz CT molecular complexity index is 394. The number of carbonyl (C=O) groups is 5. The highest BCUT2D eigenvalue weighted by Crippen LogP contribution is 2.21. The van der Waals surface area contributed by atoms with Crippen molar-refractivity contribution < 1.29 is 28.7 Å². The van der Waals surface area contributed by atoms with Gasteiger partial charge in [-0.25, -0.2) is 4.79 Å². The van der Waals surface area contributed by atoms with E-state index >= 15 is 0 Å². The van der Waals surface area contributed by atoms with Crippen LogP contribution >= 0.6 is 0 Å². The third-order valence-corrected chi connectivity index (χ3v) is 2.35. The third kappa shape index (κ3) is 1.78. The fourth-order valence-corrected chi connectivity index (χ4v) is 1.43. The van der Waals surface area contributed by atoms with Crippen molar-refractivity contribution in [1.82, 2.24) is 0 Å². The molecule has 0 radical (unpaired) electrons.